The molecule has 0 aliphatic heterocycles. The van der Waals surface area contributed by atoms with Crippen molar-refractivity contribution in [1.82, 2.24) is 4.98 Å². The maximum Gasteiger partial charge on any atom is 0.0991 e. The highest BCUT2D eigenvalue weighted by atomic mass is 79.9. The number of hydrogen-bond acceptors (Lipinski definition) is 2. The maximum atomic E-state index is 8.63. The third-order valence-electron chi connectivity index (χ3n) is 7.99. The number of benzene rings is 5. The zero-order valence-corrected chi connectivity index (χ0v) is 23.7. The van der Waals surface area contributed by atoms with Crippen molar-refractivity contribution in [3.05, 3.63) is 136 Å². The van der Waals surface area contributed by atoms with Gasteiger partial charge in [0.2, 0.25) is 0 Å². The number of nitriles is 1. The fourth-order valence-electron chi connectivity index (χ4n) is 6.33. The molecule has 39 heavy (non-hydrogen) atoms. The zero-order chi connectivity index (χ0) is 27.0. The summed E-state index contributed by atoms with van der Waals surface area (Å²) in [6, 6.07) is 38.2. The molecule has 0 saturated carbocycles. The molecule has 0 bridgehead atoms. The highest BCUT2D eigenvalue weighted by Crippen LogP contribution is 2.48. The molecule has 0 radical (unpaired) electrons. The second kappa shape index (κ2) is 10.3. The van der Waals surface area contributed by atoms with Crippen LogP contribution < -0.4 is 0 Å². The molecule has 1 unspecified atom stereocenters. The van der Waals surface area contributed by atoms with Crippen molar-refractivity contribution >= 4 is 48.4 Å². The van der Waals surface area contributed by atoms with E-state index in [2.05, 4.69) is 114 Å². The second-order valence-corrected chi connectivity index (χ2v) is 11.9. The van der Waals surface area contributed by atoms with Gasteiger partial charge in [0, 0.05) is 16.1 Å². The maximum absolute atomic E-state index is 8.63. The molecular formula is C36H29BrN2. The average molecular weight is 570 g/mol. The third-order valence-corrected chi connectivity index (χ3v) is 8.71. The number of nitrogens with zero attached hydrogens (tertiary/aromatic N) is 2. The van der Waals surface area contributed by atoms with Crippen LogP contribution in [-0.4, -0.2) is 4.98 Å². The van der Waals surface area contributed by atoms with Crippen molar-refractivity contribution in [2.24, 2.45) is 0 Å². The van der Waals surface area contributed by atoms with Gasteiger partial charge in [-0.05, 0) is 92.7 Å². The van der Waals surface area contributed by atoms with E-state index in [4.69, 9.17) is 5.26 Å². The minimum absolute atomic E-state index is 0.148. The van der Waals surface area contributed by atoms with Crippen molar-refractivity contribution < 1.29 is 0 Å². The first-order chi connectivity index (χ1) is 18.9. The number of halogens is 1. The lowest BCUT2D eigenvalue weighted by Crippen LogP contribution is -2.29. The van der Waals surface area contributed by atoms with Crippen LogP contribution in [0.5, 0.6) is 0 Å². The minimum atomic E-state index is 0.148. The van der Waals surface area contributed by atoms with Gasteiger partial charge >= 0.3 is 0 Å². The van der Waals surface area contributed by atoms with Crippen molar-refractivity contribution in [1.29, 1.82) is 5.26 Å². The van der Waals surface area contributed by atoms with Crippen molar-refractivity contribution in [3.8, 4) is 6.07 Å². The molecule has 0 N–H and O–H groups in total. The molecule has 5 aromatic carbocycles. The number of hydrogen-bond donors (Lipinski definition) is 0. The Morgan fingerprint density at radius 2 is 1.56 bits per heavy atom. The quantitative estimate of drug-likeness (QED) is 0.185. The summed E-state index contributed by atoms with van der Waals surface area (Å²) in [5, 5.41) is 15.1. The predicted octanol–water partition coefficient (Wildman–Crippen LogP) is 9.87. The molecule has 190 valence electrons. The van der Waals surface area contributed by atoms with Crippen molar-refractivity contribution in [3.63, 3.8) is 0 Å². The molecule has 0 fully saturated rings. The van der Waals surface area contributed by atoms with E-state index in [-0.39, 0.29) is 5.41 Å². The molecule has 2 nitrogen and oxygen atoms in total. The van der Waals surface area contributed by atoms with Gasteiger partial charge in [0.05, 0.1) is 17.1 Å². The summed E-state index contributed by atoms with van der Waals surface area (Å²) in [6.45, 7) is 4.84. The van der Waals surface area contributed by atoms with E-state index in [1.807, 2.05) is 24.3 Å². The Hall–Kier alpha value is -4.00. The summed E-state index contributed by atoms with van der Waals surface area (Å²) < 4.78 is 1.24. The highest BCUT2D eigenvalue weighted by Gasteiger charge is 2.35. The molecule has 1 aliphatic rings. The van der Waals surface area contributed by atoms with Crippen molar-refractivity contribution in [2.75, 3.05) is 0 Å². The van der Waals surface area contributed by atoms with E-state index in [1.54, 1.807) is 17.8 Å². The van der Waals surface area contributed by atoms with Gasteiger partial charge < -0.3 is 0 Å². The van der Waals surface area contributed by atoms with Gasteiger partial charge in [0.15, 0.2) is 0 Å². The SMILES string of the molecule is CC1(C)CC(c2ccccc2Br)Cc2ccc3c(ccc4ccccc43)c21.N#Cc1ccc2ncccc2c1. The Morgan fingerprint density at radius 1 is 0.795 bits per heavy atom. The molecule has 1 aromatic heterocycles. The van der Waals surface area contributed by atoms with Crippen LogP contribution in [0.1, 0.15) is 48.4 Å². The number of rotatable bonds is 1. The lowest BCUT2D eigenvalue weighted by molar-refractivity contribution is 0.394. The molecule has 0 amide bonds. The number of fused-ring (bicyclic) bond motifs is 6. The topological polar surface area (TPSA) is 36.7 Å². The zero-order valence-electron chi connectivity index (χ0n) is 22.2. The van der Waals surface area contributed by atoms with Crippen LogP contribution >= 0.6 is 15.9 Å². The summed E-state index contributed by atoms with van der Waals surface area (Å²) >= 11 is 3.78. The largest absolute Gasteiger partial charge is 0.256 e. The molecule has 6 aromatic rings. The summed E-state index contributed by atoms with van der Waals surface area (Å²) in [6.07, 6.45) is 4.03. The van der Waals surface area contributed by atoms with Crippen LogP contribution in [0.4, 0.5) is 0 Å². The third kappa shape index (κ3) is 4.82. The fourth-order valence-corrected chi connectivity index (χ4v) is 6.94. The Labute approximate surface area is 238 Å². The molecular weight excluding hydrogens is 540 g/mol. The van der Waals surface area contributed by atoms with Gasteiger partial charge in [-0.2, -0.15) is 5.26 Å². The molecule has 3 heteroatoms. The summed E-state index contributed by atoms with van der Waals surface area (Å²) in [7, 11) is 0. The second-order valence-electron chi connectivity index (χ2n) is 11.0. The van der Waals surface area contributed by atoms with Crippen LogP contribution in [0, 0.1) is 11.3 Å². The van der Waals surface area contributed by atoms with E-state index in [0.717, 1.165) is 17.3 Å². The first-order valence-corrected chi connectivity index (χ1v) is 14.2. The predicted molar refractivity (Wildman–Crippen MR) is 166 cm³/mol. The summed E-state index contributed by atoms with van der Waals surface area (Å²) in [5.74, 6) is 0.556. The lowest BCUT2D eigenvalue weighted by atomic mass is 9.65. The van der Waals surface area contributed by atoms with Crippen LogP contribution in [0.15, 0.2) is 114 Å². The van der Waals surface area contributed by atoms with Gasteiger partial charge in [-0.15, -0.1) is 0 Å². The first-order valence-electron chi connectivity index (χ1n) is 13.4. The smallest absolute Gasteiger partial charge is 0.0991 e. The normalized spacial score (nSPS) is 15.8. The summed E-state index contributed by atoms with van der Waals surface area (Å²) in [5.41, 5.74) is 6.25. The van der Waals surface area contributed by atoms with E-state index in [0.29, 0.717) is 11.5 Å². The van der Waals surface area contributed by atoms with E-state index < -0.39 is 0 Å². The molecule has 1 aliphatic carbocycles. The number of aromatic nitrogens is 1. The van der Waals surface area contributed by atoms with Gasteiger partial charge in [0.25, 0.3) is 0 Å². The Balaban J connectivity index is 0.000000193. The standard InChI is InChI=1S/C26H23Br.C10H6N2/c1-26(2)16-19(21-9-5-6-10-24(21)27)15-18-12-13-22-20-8-4-3-7-17(20)11-14-23(22)25(18)26;11-7-8-3-4-10-9(6-8)2-1-5-12-10/h3-14,19H,15-16H2,1-2H3;1-6H. The molecule has 1 heterocycles. The fraction of sp³-hybridized carbons (Fsp3) is 0.167. The van der Waals surface area contributed by atoms with Gasteiger partial charge in [-0.25, -0.2) is 0 Å². The monoisotopic (exact) mass is 568 g/mol. The van der Waals surface area contributed by atoms with E-state index in [1.165, 1.54) is 43.6 Å². The average Bonchev–Trinajstić information content (AvgIpc) is 2.96. The van der Waals surface area contributed by atoms with Crippen LogP contribution in [0.2, 0.25) is 0 Å². The van der Waals surface area contributed by atoms with Crippen molar-refractivity contribution in [2.45, 2.75) is 38.0 Å². The van der Waals surface area contributed by atoms with Gasteiger partial charge in [-0.1, -0.05) is 103 Å². The first kappa shape index (κ1) is 25.3. The number of pyridine rings is 1. The highest BCUT2D eigenvalue weighted by molar-refractivity contribution is 9.10. The van der Waals surface area contributed by atoms with Gasteiger partial charge in [0.1, 0.15) is 0 Å². The molecule has 7 rings (SSSR count). The molecule has 0 saturated heterocycles. The molecule has 0 spiro atoms. The van der Waals surface area contributed by atoms with E-state index in [9.17, 15) is 0 Å². The van der Waals surface area contributed by atoms with Crippen LogP contribution in [0.25, 0.3) is 32.4 Å². The Bertz CT molecular complexity index is 1880. The summed E-state index contributed by atoms with van der Waals surface area (Å²) in [4.78, 5) is 4.15. The lowest BCUT2D eigenvalue weighted by Gasteiger charge is -2.39. The Kier molecular flexibility index (Phi) is 6.67. The van der Waals surface area contributed by atoms with Gasteiger partial charge in [-0.3, -0.25) is 4.98 Å². The Morgan fingerprint density at radius 3 is 2.41 bits per heavy atom. The molecule has 1 atom stereocenters. The van der Waals surface area contributed by atoms with E-state index >= 15 is 0 Å². The minimum Gasteiger partial charge on any atom is -0.256 e. The van der Waals surface area contributed by atoms with Crippen LogP contribution in [0.3, 0.4) is 0 Å². The van der Waals surface area contributed by atoms with Crippen LogP contribution in [-0.2, 0) is 11.8 Å².